The number of benzene rings is 2. The van der Waals surface area contributed by atoms with Gasteiger partial charge in [0.2, 0.25) is 0 Å². The van der Waals surface area contributed by atoms with Crippen LogP contribution in [0.4, 0.5) is 13.2 Å². The van der Waals surface area contributed by atoms with Crippen LogP contribution in [-0.4, -0.2) is 33.5 Å². The minimum absolute atomic E-state index is 0.181. The molecule has 0 saturated carbocycles. The van der Waals surface area contributed by atoms with E-state index in [-0.39, 0.29) is 16.3 Å². The van der Waals surface area contributed by atoms with E-state index in [9.17, 15) is 23.1 Å². The number of fused-ring (bicyclic) bond motifs is 1. The topological polar surface area (TPSA) is 64.3 Å². The molecule has 188 valence electrons. The van der Waals surface area contributed by atoms with E-state index in [1.54, 1.807) is 19.9 Å². The number of methoxy groups -OCH3 is 1. The maximum absolute atomic E-state index is 14.5. The van der Waals surface area contributed by atoms with Crippen molar-refractivity contribution in [2.24, 2.45) is 0 Å². The molecular formula is C28H27F3N2O3. The standard InChI is InChI=1S/C28H27F3N2O3/c1-26(2,22-15-20(9-10-25(22)36-3)19-7-5-4-6-8-19)17-27(35,28(29,30)31)18-33-14-12-24(34)21-16-32-13-11-23(21)33/h4-16,35H,17-18H2,1-3H3. The summed E-state index contributed by atoms with van der Waals surface area (Å²) in [4.78, 5) is 16.1. The molecule has 2 aromatic carbocycles. The first-order chi connectivity index (χ1) is 16.9. The van der Waals surface area contributed by atoms with Crippen LogP contribution >= 0.6 is 0 Å². The van der Waals surface area contributed by atoms with E-state index in [1.807, 2.05) is 42.5 Å². The summed E-state index contributed by atoms with van der Waals surface area (Å²) in [5.41, 5.74) is -2.05. The lowest BCUT2D eigenvalue weighted by atomic mass is 9.73. The summed E-state index contributed by atoms with van der Waals surface area (Å²) in [5.74, 6) is 0.434. The lowest BCUT2D eigenvalue weighted by molar-refractivity contribution is -0.271. The molecule has 1 unspecified atom stereocenters. The average Bonchev–Trinajstić information content (AvgIpc) is 2.85. The number of aromatic nitrogens is 2. The number of rotatable bonds is 7. The second-order valence-electron chi connectivity index (χ2n) is 9.57. The van der Waals surface area contributed by atoms with Crippen LogP contribution in [0.25, 0.3) is 22.0 Å². The van der Waals surface area contributed by atoms with E-state index >= 15 is 0 Å². The highest BCUT2D eigenvalue weighted by Crippen LogP contribution is 2.45. The van der Waals surface area contributed by atoms with Gasteiger partial charge in [-0.2, -0.15) is 13.2 Å². The minimum Gasteiger partial charge on any atom is -0.496 e. The van der Waals surface area contributed by atoms with Crippen LogP contribution in [0.3, 0.4) is 0 Å². The quantitative estimate of drug-likeness (QED) is 0.355. The fraction of sp³-hybridized carbons (Fsp3) is 0.286. The van der Waals surface area contributed by atoms with Crippen molar-refractivity contribution in [2.45, 2.75) is 44.0 Å². The lowest BCUT2D eigenvalue weighted by Crippen LogP contribution is -2.52. The summed E-state index contributed by atoms with van der Waals surface area (Å²) in [6, 6.07) is 17.5. The number of halogens is 3. The van der Waals surface area contributed by atoms with Gasteiger partial charge in [-0.25, -0.2) is 0 Å². The van der Waals surface area contributed by atoms with Crippen molar-refractivity contribution in [1.82, 2.24) is 9.55 Å². The Kier molecular flexibility index (Phi) is 6.66. The first-order valence-electron chi connectivity index (χ1n) is 11.4. The van der Waals surface area contributed by atoms with Gasteiger partial charge in [-0.05, 0) is 41.2 Å². The molecule has 1 N–H and O–H groups in total. The minimum atomic E-state index is -4.95. The first-order valence-corrected chi connectivity index (χ1v) is 11.4. The van der Waals surface area contributed by atoms with Gasteiger partial charge in [0.1, 0.15) is 5.75 Å². The Labute approximate surface area is 206 Å². The van der Waals surface area contributed by atoms with Crippen LogP contribution in [0.5, 0.6) is 5.75 Å². The Balaban J connectivity index is 1.78. The van der Waals surface area contributed by atoms with Gasteiger partial charge in [-0.1, -0.05) is 50.2 Å². The van der Waals surface area contributed by atoms with E-state index in [1.165, 1.54) is 42.4 Å². The maximum atomic E-state index is 14.5. The van der Waals surface area contributed by atoms with E-state index in [4.69, 9.17) is 4.74 Å². The predicted molar refractivity (Wildman–Crippen MR) is 133 cm³/mol. The van der Waals surface area contributed by atoms with E-state index < -0.39 is 30.2 Å². The van der Waals surface area contributed by atoms with E-state index in [0.29, 0.717) is 11.3 Å². The molecule has 2 heterocycles. The van der Waals surface area contributed by atoms with Crippen LogP contribution in [0.1, 0.15) is 25.8 Å². The van der Waals surface area contributed by atoms with Gasteiger partial charge >= 0.3 is 6.18 Å². The van der Waals surface area contributed by atoms with Crippen LogP contribution < -0.4 is 10.2 Å². The number of pyridine rings is 2. The SMILES string of the molecule is COc1ccc(-c2ccccc2)cc1C(C)(C)CC(O)(Cn1ccc(=O)c2cnccc21)C(F)(F)F. The van der Waals surface area contributed by atoms with Gasteiger partial charge in [0.15, 0.2) is 11.0 Å². The molecule has 4 rings (SSSR count). The second kappa shape index (κ2) is 9.43. The molecule has 0 spiro atoms. The van der Waals surface area contributed by atoms with Gasteiger partial charge in [-0.3, -0.25) is 9.78 Å². The maximum Gasteiger partial charge on any atom is 0.418 e. The number of aliphatic hydroxyl groups is 1. The van der Waals surface area contributed by atoms with Crippen LogP contribution in [-0.2, 0) is 12.0 Å². The molecule has 36 heavy (non-hydrogen) atoms. The number of hydrogen-bond donors (Lipinski definition) is 1. The number of nitrogens with zero attached hydrogens (tertiary/aromatic N) is 2. The molecular weight excluding hydrogens is 469 g/mol. The molecule has 0 aliphatic carbocycles. The Morgan fingerprint density at radius 1 is 1.00 bits per heavy atom. The highest BCUT2D eigenvalue weighted by Gasteiger charge is 2.56. The highest BCUT2D eigenvalue weighted by atomic mass is 19.4. The molecule has 0 amide bonds. The Morgan fingerprint density at radius 3 is 2.39 bits per heavy atom. The number of ether oxygens (including phenoxy) is 1. The summed E-state index contributed by atoms with van der Waals surface area (Å²) in [6.45, 7) is 2.52. The number of hydrogen-bond acceptors (Lipinski definition) is 4. The van der Waals surface area contributed by atoms with Gasteiger partial charge in [0.05, 0.1) is 24.6 Å². The van der Waals surface area contributed by atoms with Crippen LogP contribution in [0.2, 0.25) is 0 Å². The second-order valence-corrected chi connectivity index (χ2v) is 9.57. The Morgan fingerprint density at radius 2 is 1.72 bits per heavy atom. The van der Waals surface area contributed by atoms with Crippen molar-refractivity contribution in [3.8, 4) is 16.9 Å². The molecule has 0 aliphatic heterocycles. The zero-order valence-corrected chi connectivity index (χ0v) is 20.2. The summed E-state index contributed by atoms with van der Waals surface area (Å²) in [5, 5.41) is 11.4. The highest BCUT2D eigenvalue weighted by molar-refractivity contribution is 5.77. The van der Waals surface area contributed by atoms with Crippen molar-refractivity contribution < 1.29 is 23.0 Å². The Bertz CT molecular complexity index is 1430. The molecule has 0 bridgehead atoms. The normalized spacial score (nSPS) is 14.0. The lowest BCUT2D eigenvalue weighted by Gasteiger charge is -2.39. The largest absolute Gasteiger partial charge is 0.496 e. The predicted octanol–water partition coefficient (Wildman–Crippen LogP) is 5.73. The zero-order chi connectivity index (χ0) is 26.1. The van der Waals surface area contributed by atoms with Crippen molar-refractivity contribution in [2.75, 3.05) is 7.11 Å². The molecule has 0 saturated heterocycles. The summed E-state index contributed by atoms with van der Waals surface area (Å²) in [6.07, 6.45) is -1.61. The molecule has 0 radical (unpaired) electrons. The van der Waals surface area contributed by atoms with Crippen molar-refractivity contribution in [3.05, 3.63) is 95.0 Å². The molecule has 8 heteroatoms. The number of alkyl halides is 3. The third-order valence-electron chi connectivity index (χ3n) is 6.51. The summed E-state index contributed by atoms with van der Waals surface area (Å²) in [7, 11) is 1.47. The smallest absolute Gasteiger partial charge is 0.418 e. The van der Waals surface area contributed by atoms with Gasteiger partial charge in [0, 0.05) is 30.2 Å². The summed E-state index contributed by atoms with van der Waals surface area (Å²) >= 11 is 0. The van der Waals surface area contributed by atoms with Crippen molar-refractivity contribution in [1.29, 1.82) is 0 Å². The fourth-order valence-corrected chi connectivity index (χ4v) is 4.69. The van der Waals surface area contributed by atoms with Crippen LogP contribution in [0.15, 0.2) is 84.0 Å². The van der Waals surface area contributed by atoms with Gasteiger partial charge in [0.25, 0.3) is 0 Å². The average molecular weight is 497 g/mol. The fourth-order valence-electron chi connectivity index (χ4n) is 4.69. The molecule has 0 aliphatic rings. The van der Waals surface area contributed by atoms with Crippen molar-refractivity contribution >= 4 is 10.9 Å². The molecule has 5 nitrogen and oxygen atoms in total. The molecule has 2 aromatic heterocycles. The van der Waals surface area contributed by atoms with Crippen molar-refractivity contribution in [3.63, 3.8) is 0 Å². The van der Waals surface area contributed by atoms with Crippen LogP contribution in [0, 0.1) is 0 Å². The first kappa shape index (κ1) is 25.4. The Hall–Kier alpha value is -3.65. The zero-order valence-electron chi connectivity index (χ0n) is 20.2. The molecule has 4 aromatic rings. The summed E-state index contributed by atoms with van der Waals surface area (Å²) < 4.78 is 50.2. The molecule has 1 atom stereocenters. The van der Waals surface area contributed by atoms with Gasteiger partial charge in [-0.15, -0.1) is 0 Å². The third-order valence-corrected chi connectivity index (χ3v) is 6.51. The van der Waals surface area contributed by atoms with E-state index in [2.05, 4.69) is 4.98 Å². The van der Waals surface area contributed by atoms with E-state index in [0.717, 1.165) is 11.1 Å². The third kappa shape index (κ3) is 4.86. The monoisotopic (exact) mass is 496 g/mol. The van der Waals surface area contributed by atoms with Gasteiger partial charge < -0.3 is 14.4 Å². The molecule has 0 fully saturated rings.